The van der Waals surface area contributed by atoms with E-state index in [9.17, 15) is 0 Å². The lowest BCUT2D eigenvalue weighted by Gasteiger charge is -2.26. The summed E-state index contributed by atoms with van der Waals surface area (Å²) in [5.74, 6) is 0.978. The van der Waals surface area contributed by atoms with Crippen LogP contribution in [0.5, 0.6) is 0 Å². The maximum absolute atomic E-state index is 4.46. The number of anilines is 1. The number of aromatic nitrogens is 2. The molecular weight excluding hydrogens is 300 g/mol. The molecule has 0 aliphatic carbocycles. The Hall–Kier alpha value is -0.850. The first-order chi connectivity index (χ1) is 8.33. The molecule has 17 heavy (non-hydrogen) atoms. The minimum Gasteiger partial charge on any atom is -0.340 e. The summed E-state index contributed by atoms with van der Waals surface area (Å²) in [4.78, 5) is 11.3. The first-order valence-electron chi connectivity index (χ1n) is 5.58. The van der Waals surface area contributed by atoms with Crippen LogP contribution in [-0.2, 0) is 0 Å². The fourth-order valence-corrected chi connectivity index (χ4v) is 3.32. The zero-order chi connectivity index (χ0) is 11.7. The van der Waals surface area contributed by atoms with Crippen molar-refractivity contribution in [2.24, 2.45) is 0 Å². The predicted octanol–water partition coefficient (Wildman–Crippen LogP) is 2.31. The van der Waals surface area contributed by atoms with E-state index in [2.05, 4.69) is 47.6 Å². The second-order valence-electron chi connectivity index (χ2n) is 3.99. The quantitative estimate of drug-likeness (QED) is 0.894. The van der Waals surface area contributed by atoms with E-state index in [0.29, 0.717) is 0 Å². The summed E-state index contributed by atoms with van der Waals surface area (Å²) in [6.45, 7) is 4.09. The molecule has 3 rings (SSSR count). The van der Waals surface area contributed by atoms with Crippen molar-refractivity contribution in [3.63, 3.8) is 0 Å². The summed E-state index contributed by atoms with van der Waals surface area (Å²) in [6.07, 6.45) is 1.91. The number of nitrogens with zero attached hydrogens (tertiary/aromatic N) is 2. The van der Waals surface area contributed by atoms with E-state index < -0.39 is 0 Å². The SMILES string of the molecule is Brc1csc(-c2cnc(N3CCNCC3)[nH]2)c1. The topological polar surface area (TPSA) is 44.0 Å². The van der Waals surface area contributed by atoms with E-state index in [-0.39, 0.29) is 0 Å². The molecular formula is C11H13BrN4S. The van der Waals surface area contributed by atoms with Gasteiger partial charge in [-0.05, 0) is 22.0 Å². The van der Waals surface area contributed by atoms with Crippen LogP contribution in [0.4, 0.5) is 5.95 Å². The third-order valence-electron chi connectivity index (χ3n) is 2.81. The van der Waals surface area contributed by atoms with E-state index in [1.165, 1.54) is 4.88 Å². The summed E-state index contributed by atoms with van der Waals surface area (Å²) in [5.41, 5.74) is 1.09. The standard InChI is InChI=1S/C11H13BrN4S/c12-8-5-10(17-7-8)9-6-14-11(15-9)16-3-1-13-2-4-16/h5-7,13H,1-4H2,(H,14,15). The maximum atomic E-state index is 4.46. The normalized spacial score (nSPS) is 16.4. The van der Waals surface area contributed by atoms with Crippen molar-refractivity contribution in [1.82, 2.24) is 15.3 Å². The Morgan fingerprint density at radius 1 is 1.35 bits per heavy atom. The van der Waals surface area contributed by atoms with Crippen LogP contribution in [-0.4, -0.2) is 36.1 Å². The van der Waals surface area contributed by atoms with E-state index in [4.69, 9.17) is 0 Å². The third-order valence-corrected chi connectivity index (χ3v) is 4.54. The molecule has 0 saturated carbocycles. The van der Waals surface area contributed by atoms with Gasteiger partial charge in [-0.3, -0.25) is 0 Å². The number of H-pyrrole nitrogens is 1. The summed E-state index contributed by atoms with van der Waals surface area (Å²) in [7, 11) is 0. The number of aromatic amines is 1. The molecule has 0 spiro atoms. The van der Waals surface area contributed by atoms with Crippen LogP contribution >= 0.6 is 27.3 Å². The zero-order valence-corrected chi connectivity index (χ0v) is 11.6. The van der Waals surface area contributed by atoms with Crippen molar-refractivity contribution < 1.29 is 0 Å². The zero-order valence-electron chi connectivity index (χ0n) is 9.24. The third kappa shape index (κ3) is 2.38. The van der Waals surface area contributed by atoms with Crippen LogP contribution in [0.1, 0.15) is 0 Å². The molecule has 1 saturated heterocycles. The lowest BCUT2D eigenvalue weighted by atomic mass is 10.4. The highest BCUT2D eigenvalue weighted by atomic mass is 79.9. The van der Waals surface area contributed by atoms with E-state index in [1.54, 1.807) is 11.3 Å². The summed E-state index contributed by atoms with van der Waals surface area (Å²) in [5, 5.41) is 5.42. The first kappa shape index (κ1) is 11.3. The molecule has 4 nitrogen and oxygen atoms in total. The number of piperazine rings is 1. The van der Waals surface area contributed by atoms with Gasteiger partial charge in [0.05, 0.1) is 16.8 Å². The van der Waals surface area contributed by atoms with Crippen LogP contribution < -0.4 is 10.2 Å². The van der Waals surface area contributed by atoms with Crippen LogP contribution in [0, 0.1) is 0 Å². The summed E-state index contributed by atoms with van der Waals surface area (Å²) in [6, 6.07) is 2.11. The molecule has 0 aromatic carbocycles. The van der Waals surface area contributed by atoms with Gasteiger partial charge >= 0.3 is 0 Å². The molecule has 1 aliphatic heterocycles. The number of imidazole rings is 1. The average molecular weight is 313 g/mol. The van der Waals surface area contributed by atoms with E-state index >= 15 is 0 Å². The average Bonchev–Trinajstić information content (AvgIpc) is 2.98. The van der Waals surface area contributed by atoms with Gasteiger partial charge in [0.25, 0.3) is 0 Å². The molecule has 1 aliphatic rings. The molecule has 2 aromatic rings. The van der Waals surface area contributed by atoms with Gasteiger partial charge in [-0.1, -0.05) is 0 Å². The molecule has 0 unspecified atom stereocenters. The van der Waals surface area contributed by atoms with Gasteiger partial charge in [0.1, 0.15) is 0 Å². The Kier molecular flexibility index (Phi) is 3.17. The van der Waals surface area contributed by atoms with Crippen LogP contribution in [0.15, 0.2) is 22.1 Å². The van der Waals surface area contributed by atoms with Crippen LogP contribution in [0.25, 0.3) is 10.6 Å². The minimum atomic E-state index is 0.978. The number of thiophene rings is 1. The van der Waals surface area contributed by atoms with Crippen molar-refractivity contribution in [2.75, 3.05) is 31.1 Å². The van der Waals surface area contributed by atoms with Crippen LogP contribution in [0.2, 0.25) is 0 Å². The second kappa shape index (κ2) is 4.80. The fourth-order valence-electron chi connectivity index (χ4n) is 1.93. The van der Waals surface area contributed by atoms with Crippen molar-refractivity contribution in [3.05, 3.63) is 22.1 Å². The highest BCUT2D eigenvalue weighted by Crippen LogP contribution is 2.29. The van der Waals surface area contributed by atoms with Crippen molar-refractivity contribution >= 4 is 33.2 Å². The monoisotopic (exact) mass is 312 g/mol. The number of hydrogen-bond donors (Lipinski definition) is 2. The van der Waals surface area contributed by atoms with Crippen molar-refractivity contribution in [2.45, 2.75) is 0 Å². The summed E-state index contributed by atoms with van der Waals surface area (Å²) >= 11 is 5.18. The molecule has 0 radical (unpaired) electrons. The minimum absolute atomic E-state index is 0.978. The molecule has 2 aromatic heterocycles. The number of nitrogens with one attached hydrogen (secondary N) is 2. The highest BCUT2D eigenvalue weighted by molar-refractivity contribution is 9.10. The Morgan fingerprint density at radius 3 is 2.88 bits per heavy atom. The molecule has 0 amide bonds. The molecule has 90 valence electrons. The van der Waals surface area contributed by atoms with Gasteiger partial charge in [-0.15, -0.1) is 11.3 Å². The lowest BCUT2D eigenvalue weighted by molar-refractivity contribution is 0.581. The smallest absolute Gasteiger partial charge is 0.203 e. The predicted molar refractivity (Wildman–Crippen MR) is 74.7 cm³/mol. The molecule has 3 heterocycles. The number of hydrogen-bond acceptors (Lipinski definition) is 4. The second-order valence-corrected chi connectivity index (χ2v) is 5.81. The lowest BCUT2D eigenvalue weighted by Crippen LogP contribution is -2.44. The van der Waals surface area contributed by atoms with Gasteiger partial charge in [0, 0.05) is 36.0 Å². The molecule has 0 atom stereocenters. The van der Waals surface area contributed by atoms with Crippen LogP contribution in [0.3, 0.4) is 0 Å². The fraction of sp³-hybridized carbons (Fsp3) is 0.364. The number of halogens is 1. The molecule has 6 heteroatoms. The van der Waals surface area contributed by atoms with Gasteiger partial charge in [-0.25, -0.2) is 4.98 Å². The maximum Gasteiger partial charge on any atom is 0.203 e. The molecule has 2 N–H and O–H groups in total. The number of rotatable bonds is 2. The Labute approximate surface area is 112 Å². The van der Waals surface area contributed by atoms with Gasteiger partial charge in [0.2, 0.25) is 5.95 Å². The van der Waals surface area contributed by atoms with Gasteiger partial charge in [-0.2, -0.15) is 0 Å². The summed E-state index contributed by atoms with van der Waals surface area (Å²) < 4.78 is 1.12. The Balaban J connectivity index is 1.82. The Morgan fingerprint density at radius 2 is 2.18 bits per heavy atom. The largest absolute Gasteiger partial charge is 0.340 e. The first-order valence-corrected chi connectivity index (χ1v) is 7.25. The van der Waals surface area contributed by atoms with Gasteiger partial charge < -0.3 is 15.2 Å². The van der Waals surface area contributed by atoms with Crippen molar-refractivity contribution in [1.29, 1.82) is 0 Å². The Bertz CT molecular complexity index is 501. The van der Waals surface area contributed by atoms with Crippen molar-refractivity contribution in [3.8, 4) is 10.6 Å². The highest BCUT2D eigenvalue weighted by Gasteiger charge is 2.14. The van der Waals surface area contributed by atoms with Gasteiger partial charge in [0.15, 0.2) is 0 Å². The molecule has 0 bridgehead atoms. The molecule has 1 fully saturated rings. The van der Waals surface area contributed by atoms with E-state index in [1.807, 2.05) is 6.20 Å². The van der Waals surface area contributed by atoms with E-state index in [0.717, 1.165) is 42.3 Å².